The number of anilines is 1. The molecule has 2 aromatic carbocycles. The summed E-state index contributed by atoms with van der Waals surface area (Å²) in [7, 11) is 3.31. The Balaban J connectivity index is 1.32. The summed E-state index contributed by atoms with van der Waals surface area (Å²) >= 11 is 1.46. The van der Waals surface area contributed by atoms with Gasteiger partial charge in [-0.1, -0.05) is 11.8 Å². The highest BCUT2D eigenvalue weighted by Gasteiger charge is 2.21. The van der Waals surface area contributed by atoms with Gasteiger partial charge in [-0.25, -0.2) is 9.97 Å². The van der Waals surface area contributed by atoms with Gasteiger partial charge < -0.3 is 19.3 Å². The smallest absolute Gasteiger partial charge is 0.233 e. The number of piperazine rings is 1. The van der Waals surface area contributed by atoms with Crippen LogP contribution in [0.3, 0.4) is 0 Å². The molecule has 0 unspecified atom stereocenters. The van der Waals surface area contributed by atoms with Gasteiger partial charge in [0.15, 0.2) is 5.82 Å². The van der Waals surface area contributed by atoms with E-state index in [1.807, 2.05) is 54.3 Å². The molecule has 0 spiro atoms. The predicted molar refractivity (Wildman–Crippen MR) is 131 cm³/mol. The number of amides is 1. The molecule has 1 aliphatic heterocycles. The highest BCUT2D eigenvalue weighted by Crippen LogP contribution is 2.24. The minimum absolute atomic E-state index is 0.136. The Morgan fingerprint density at radius 1 is 0.909 bits per heavy atom. The molecule has 0 aliphatic carbocycles. The van der Waals surface area contributed by atoms with Crippen LogP contribution in [0.4, 0.5) is 5.69 Å². The number of hydrogen-bond acceptors (Lipinski definition) is 7. The van der Waals surface area contributed by atoms with Crippen molar-refractivity contribution in [3.8, 4) is 22.9 Å². The van der Waals surface area contributed by atoms with Crippen molar-refractivity contribution in [2.45, 2.75) is 11.9 Å². The van der Waals surface area contributed by atoms with Gasteiger partial charge in [-0.05, 0) is 61.5 Å². The quantitative estimate of drug-likeness (QED) is 0.388. The second-order valence-electron chi connectivity index (χ2n) is 7.75. The van der Waals surface area contributed by atoms with Gasteiger partial charge in [0.1, 0.15) is 16.5 Å². The topological polar surface area (TPSA) is 67.8 Å². The van der Waals surface area contributed by atoms with Crippen molar-refractivity contribution in [3.63, 3.8) is 0 Å². The summed E-state index contributed by atoms with van der Waals surface area (Å²) in [6.07, 6.45) is 0. The molecule has 7 nitrogen and oxygen atoms in total. The van der Waals surface area contributed by atoms with Crippen molar-refractivity contribution in [1.29, 1.82) is 0 Å². The fraction of sp³-hybridized carbons (Fsp3) is 0.320. The highest BCUT2D eigenvalue weighted by atomic mass is 32.2. The number of ether oxygens (including phenoxy) is 2. The van der Waals surface area contributed by atoms with Crippen molar-refractivity contribution >= 4 is 23.4 Å². The zero-order chi connectivity index (χ0) is 23.2. The van der Waals surface area contributed by atoms with Gasteiger partial charge in [-0.15, -0.1) is 0 Å². The van der Waals surface area contributed by atoms with Crippen molar-refractivity contribution in [2.24, 2.45) is 0 Å². The van der Waals surface area contributed by atoms with E-state index < -0.39 is 0 Å². The van der Waals surface area contributed by atoms with Gasteiger partial charge in [-0.2, -0.15) is 0 Å². The van der Waals surface area contributed by atoms with Gasteiger partial charge in [0, 0.05) is 43.1 Å². The van der Waals surface area contributed by atoms with Gasteiger partial charge in [-0.3, -0.25) is 4.79 Å². The zero-order valence-electron chi connectivity index (χ0n) is 19.2. The van der Waals surface area contributed by atoms with Gasteiger partial charge in [0.2, 0.25) is 5.91 Å². The van der Waals surface area contributed by atoms with Crippen LogP contribution < -0.4 is 14.4 Å². The van der Waals surface area contributed by atoms with Crippen LogP contribution in [0.2, 0.25) is 0 Å². The number of carbonyl (C=O) groups is 1. The second kappa shape index (κ2) is 10.6. The number of carbonyl (C=O) groups excluding carboxylic acids is 1. The summed E-state index contributed by atoms with van der Waals surface area (Å²) in [6, 6.07) is 17.6. The van der Waals surface area contributed by atoms with E-state index in [9.17, 15) is 4.79 Å². The lowest BCUT2D eigenvalue weighted by Crippen LogP contribution is -2.49. The standard InChI is InChI=1S/C25H28N4O3S/c1-18-16-23(27-25(26-18)19-4-8-21(31-2)9-5-19)33-17-24(30)29-14-12-28(13-15-29)20-6-10-22(32-3)11-7-20/h4-11,16H,12-15,17H2,1-3H3. The Labute approximate surface area is 198 Å². The zero-order valence-corrected chi connectivity index (χ0v) is 20.0. The normalized spacial score (nSPS) is 13.7. The number of methoxy groups -OCH3 is 2. The maximum Gasteiger partial charge on any atom is 0.233 e. The molecule has 4 rings (SSSR count). The average Bonchev–Trinajstić information content (AvgIpc) is 2.87. The minimum atomic E-state index is 0.136. The van der Waals surface area contributed by atoms with Gasteiger partial charge in [0.25, 0.3) is 0 Å². The largest absolute Gasteiger partial charge is 0.497 e. The van der Waals surface area contributed by atoms with Crippen LogP contribution in [0, 0.1) is 6.92 Å². The molecule has 1 fully saturated rings. The fourth-order valence-electron chi connectivity index (χ4n) is 3.72. The Morgan fingerprint density at radius 3 is 2.12 bits per heavy atom. The number of aryl methyl sites for hydroxylation is 1. The lowest BCUT2D eigenvalue weighted by molar-refractivity contribution is -0.128. The summed E-state index contributed by atoms with van der Waals surface area (Å²) in [5.41, 5.74) is 2.95. The molecule has 1 aliphatic rings. The van der Waals surface area contributed by atoms with E-state index in [4.69, 9.17) is 9.47 Å². The van der Waals surface area contributed by atoms with Crippen molar-refractivity contribution in [1.82, 2.24) is 14.9 Å². The van der Waals surface area contributed by atoms with Crippen LogP contribution in [-0.2, 0) is 4.79 Å². The minimum Gasteiger partial charge on any atom is -0.497 e. The lowest BCUT2D eigenvalue weighted by atomic mass is 10.2. The molecule has 1 aromatic heterocycles. The molecule has 1 saturated heterocycles. The first-order valence-corrected chi connectivity index (χ1v) is 11.8. The van der Waals surface area contributed by atoms with Crippen molar-refractivity contribution < 1.29 is 14.3 Å². The summed E-state index contributed by atoms with van der Waals surface area (Å²) in [6.45, 7) is 5.00. The summed E-state index contributed by atoms with van der Waals surface area (Å²) in [5, 5.41) is 0.804. The third-order valence-electron chi connectivity index (χ3n) is 5.59. The number of nitrogens with zero attached hydrogens (tertiary/aromatic N) is 4. The fourth-order valence-corrected chi connectivity index (χ4v) is 4.58. The molecule has 1 amide bonds. The average molecular weight is 465 g/mol. The number of aromatic nitrogens is 2. The van der Waals surface area contributed by atoms with Gasteiger partial charge in [0.05, 0.1) is 20.0 Å². The summed E-state index contributed by atoms with van der Waals surface area (Å²) in [5.74, 6) is 2.79. The Morgan fingerprint density at radius 2 is 1.52 bits per heavy atom. The molecule has 0 saturated carbocycles. The van der Waals surface area contributed by atoms with Gasteiger partial charge >= 0.3 is 0 Å². The van der Waals surface area contributed by atoms with Crippen LogP contribution in [0.15, 0.2) is 59.6 Å². The molecule has 0 atom stereocenters. The molecule has 0 bridgehead atoms. The second-order valence-corrected chi connectivity index (χ2v) is 8.75. The third-order valence-corrected chi connectivity index (χ3v) is 6.49. The molecule has 0 radical (unpaired) electrons. The molecule has 8 heteroatoms. The van der Waals surface area contributed by atoms with Crippen LogP contribution in [0.25, 0.3) is 11.4 Å². The van der Waals surface area contributed by atoms with E-state index in [0.29, 0.717) is 24.7 Å². The first kappa shape index (κ1) is 22.9. The monoisotopic (exact) mass is 464 g/mol. The van der Waals surface area contributed by atoms with Crippen LogP contribution in [0.5, 0.6) is 11.5 Å². The molecular formula is C25H28N4O3S. The molecule has 2 heterocycles. The summed E-state index contributed by atoms with van der Waals surface area (Å²) in [4.78, 5) is 26.3. The molecule has 0 N–H and O–H groups in total. The first-order chi connectivity index (χ1) is 16.1. The molecule has 33 heavy (non-hydrogen) atoms. The highest BCUT2D eigenvalue weighted by molar-refractivity contribution is 7.99. The molecule has 3 aromatic rings. The van der Waals surface area contributed by atoms with E-state index in [0.717, 1.165) is 46.6 Å². The third kappa shape index (κ3) is 5.76. The number of thioether (sulfide) groups is 1. The van der Waals surface area contributed by atoms with Crippen LogP contribution in [0.1, 0.15) is 5.69 Å². The lowest BCUT2D eigenvalue weighted by Gasteiger charge is -2.36. The number of hydrogen-bond donors (Lipinski definition) is 0. The SMILES string of the molecule is COc1ccc(-c2nc(C)cc(SCC(=O)N3CCN(c4ccc(OC)cc4)CC3)n2)cc1. The van der Waals surface area contributed by atoms with E-state index in [2.05, 4.69) is 27.0 Å². The van der Waals surface area contributed by atoms with E-state index in [1.165, 1.54) is 11.8 Å². The summed E-state index contributed by atoms with van der Waals surface area (Å²) < 4.78 is 10.5. The van der Waals surface area contributed by atoms with E-state index >= 15 is 0 Å². The maximum absolute atomic E-state index is 12.8. The van der Waals surface area contributed by atoms with E-state index in [1.54, 1.807) is 14.2 Å². The van der Waals surface area contributed by atoms with Crippen LogP contribution >= 0.6 is 11.8 Å². The molecular weight excluding hydrogens is 436 g/mol. The Bertz CT molecular complexity index is 1080. The predicted octanol–water partition coefficient (Wildman–Crippen LogP) is 3.91. The van der Waals surface area contributed by atoms with Crippen LogP contribution in [-0.4, -0.2) is 66.9 Å². The first-order valence-electron chi connectivity index (χ1n) is 10.9. The maximum atomic E-state index is 12.8. The Hall–Kier alpha value is -3.26. The van der Waals surface area contributed by atoms with Crippen molar-refractivity contribution in [2.75, 3.05) is 51.1 Å². The molecule has 172 valence electrons. The van der Waals surface area contributed by atoms with Crippen molar-refractivity contribution in [3.05, 3.63) is 60.3 Å². The Kier molecular flexibility index (Phi) is 7.34. The number of benzene rings is 2. The number of rotatable bonds is 7. The van der Waals surface area contributed by atoms with E-state index in [-0.39, 0.29) is 5.91 Å².